The molecule has 0 aromatic heterocycles. The van der Waals surface area contributed by atoms with Gasteiger partial charge in [-0.1, -0.05) is 29.3 Å². The fourth-order valence-corrected chi connectivity index (χ4v) is 2.56. The van der Waals surface area contributed by atoms with E-state index in [1.165, 1.54) is 36.4 Å². The molecule has 0 unspecified atom stereocenters. The lowest BCUT2D eigenvalue weighted by Crippen LogP contribution is -2.26. The van der Waals surface area contributed by atoms with E-state index in [9.17, 15) is 19.7 Å². The molecule has 0 fully saturated rings. The van der Waals surface area contributed by atoms with Crippen molar-refractivity contribution >= 4 is 52.1 Å². The van der Waals surface area contributed by atoms with E-state index in [0.29, 0.717) is 16.5 Å². The molecule has 2 rings (SSSR count). The molecule has 2 aromatic rings. The third-order valence-electron chi connectivity index (χ3n) is 3.38. The van der Waals surface area contributed by atoms with E-state index in [1.54, 1.807) is 13.0 Å². The van der Waals surface area contributed by atoms with Gasteiger partial charge >= 0.3 is 0 Å². The summed E-state index contributed by atoms with van der Waals surface area (Å²) in [7, 11) is 0. The first kappa shape index (κ1) is 22.1. The van der Waals surface area contributed by atoms with Crippen molar-refractivity contribution in [3.8, 4) is 5.75 Å². The van der Waals surface area contributed by atoms with Crippen molar-refractivity contribution in [3.05, 3.63) is 62.6 Å². The van der Waals surface area contributed by atoms with Crippen LogP contribution in [0.1, 0.15) is 13.3 Å². The van der Waals surface area contributed by atoms with Crippen LogP contribution < -0.4 is 15.5 Å². The van der Waals surface area contributed by atoms with Crippen LogP contribution in [0.15, 0.2) is 47.6 Å². The Balaban J connectivity index is 1.81. The van der Waals surface area contributed by atoms with Crippen LogP contribution in [-0.2, 0) is 9.59 Å². The number of anilines is 1. The van der Waals surface area contributed by atoms with Crippen LogP contribution in [0.2, 0.25) is 10.0 Å². The summed E-state index contributed by atoms with van der Waals surface area (Å²) in [6, 6.07) is 10.1. The second-order valence-electron chi connectivity index (χ2n) is 5.78. The largest absolute Gasteiger partial charge is 0.482 e. The zero-order valence-electron chi connectivity index (χ0n) is 15.1. The highest BCUT2D eigenvalue weighted by atomic mass is 35.5. The van der Waals surface area contributed by atoms with Crippen molar-refractivity contribution in [2.24, 2.45) is 5.10 Å². The molecule has 2 amide bonds. The quantitative estimate of drug-likeness (QED) is 0.368. The molecule has 0 spiro atoms. The Morgan fingerprint density at radius 1 is 1.17 bits per heavy atom. The molecule has 0 saturated carbocycles. The van der Waals surface area contributed by atoms with Crippen molar-refractivity contribution in [2.75, 3.05) is 11.9 Å². The SMILES string of the molecule is CC(CC(=O)Nc1cccc([N+](=O)[O-])c1)=NNC(=O)COc1ccc(Cl)cc1Cl. The molecule has 29 heavy (non-hydrogen) atoms. The third kappa shape index (κ3) is 7.40. The van der Waals surface area contributed by atoms with Gasteiger partial charge in [-0.25, -0.2) is 5.43 Å². The van der Waals surface area contributed by atoms with E-state index < -0.39 is 16.7 Å². The molecule has 0 bridgehead atoms. The van der Waals surface area contributed by atoms with Crippen LogP contribution >= 0.6 is 23.2 Å². The maximum atomic E-state index is 12.0. The highest BCUT2D eigenvalue weighted by molar-refractivity contribution is 6.35. The monoisotopic (exact) mass is 438 g/mol. The first-order valence-corrected chi connectivity index (χ1v) is 8.94. The number of hydrogen-bond acceptors (Lipinski definition) is 6. The van der Waals surface area contributed by atoms with Gasteiger partial charge in [-0.05, 0) is 31.2 Å². The molecule has 0 aliphatic rings. The Hall–Kier alpha value is -3.17. The number of carbonyl (C=O) groups is 2. The number of hydrogen-bond donors (Lipinski definition) is 2. The summed E-state index contributed by atoms with van der Waals surface area (Å²) >= 11 is 11.7. The van der Waals surface area contributed by atoms with Gasteiger partial charge in [0.15, 0.2) is 6.61 Å². The summed E-state index contributed by atoms with van der Waals surface area (Å²) in [6.45, 7) is 1.21. The molecule has 0 saturated heterocycles. The Morgan fingerprint density at radius 3 is 2.62 bits per heavy atom. The molecule has 0 heterocycles. The average Bonchev–Trinajstić information content (AvgIpc) is 2.65. The minimum Gasteiger partial charge on any atom is -0.482 e. The van der Waals surface area contributed by atoms with Crippen LogP contribution in [0.3, 0.4) is 0 Å². The van der Waals surface area contributed by atoms with E-state index in [-0.39, 0.29) is 29.4 Å². The van der Waals surface area contributed by atoms with E-state index in [2.05, 4.69) is 15.8 Å². The minimum absolute atomic E-state index is 0.118. The molecule has 0 atom stereocenters. The van der Waals surface area contributed by atoms with Crippen molar-refractivity contribution in [2.45, 2.75) is 13.3 Å². The smallest absolute Gasteiger partial charge is 0.277 e. The van der Waals surface area contributed by atoms with Crippen molar-refractivity contribution in [1.29, 1.82) is 0 Å². The fraction of sp³-hybridized carbons (Fsp3) is 0.167. The number of ether oxygens (including phenoxy) is 1. The normalized spacial score (nSPS) is 10.9. The fourth-order valence-electron chi connectivity index (χ4n) is 2.10. The van der Waals surface area contributed by atoms with Gasteiger partial charge in [-0.3, -0.25) is 19.7 Å². The molecule has 0 radical (unpaired) electrons. The highest BCUT2D eigenvalue weighted by Crippen LogP contribution is 2.27. The van der Waals surface area contributed by atoms with Gasteiger partial charge < -0.3 is 10.1 Å². The number of rotatable bonds is 8. The maximum Gasteiger partial charge on any atom is 0.277 e. The molecular weight excluding hydrogens is 423 g/mol. The predicted molar refractivity (Wildman–Crippen MR) is 110 cm³/mol. The number of halogens is 2. The number of amides is 2. The summed E-state index contributed by atoms with van der Waals surface area (Å²) in [5, 5.41) is 17.8. The Labute approximate surface area is 175 Å². The number of carbonyl (C=O) groups excluding carboxylic acids is 2. The zero-order valence-corrected chi connectivity index (χ0v) is 16.7. The van der Waals surface area contributed by atoms with Gasteiger partial charge in [0, 0.05) is 28.6 Å². The van der Waals surface area contributed by atoms with Crippen molar-refractivity contribution in [3.63, 3.8) is 0 Å². The number of nitrogens with one attached hydrogen (secondary N) is 2. The second kappa shape index (κ2) is 10.4. The number of nitro groups is 1. The Bertz CT molecular complexity index is 965. The average molecular weight is 439 g/mol. The van der Waals surface area contributed by atoms with Crippen molar-refractivity contribution in [1.82, 2.24) is 5.43 Å². The molecule has 2 aromatic carbocycles. The van der Waals surface area contributed by atoms with Crippen molar-refractivity contribution < 1.29 is 19.2 Å². The molecule has 11 heteroatoms. The van der Waals surface area contributed by atoms with Crippen LogP contribution in [0, 0.1) is 10.1 Å². The number of non-ortho nitro benzene ring substituents is 1. The van der Waals surface area contributed by atoms with E-state index >= 15 is 0 Å². The first-order valence-electron chi connectivity index (χ1n) is 8.19. The second-order valence-corrected chi connectivity index (χ2v) is 6.62. The van der Waals surface area contributed by atoms with Crippen LogP contribution in [-0.4, -0.2) is 29.1 Å². The standard InChI is InChI=1S/C18H16Cl2N4O5/c1-11(7-17(25)21-13-3-2-4-14(9-13)24(27)28)22-23-18(26)10-29-16-6-5-12(19)8-15(16)20/h2-6,8-9H,7,10H2,1H3,(H,21,25)(H,23,26). The lowest BCUT2D eigenvalue weighted by atomic mass is 10.2. The number of nitrogens with zero attached hydrogens (tertiary/aromatic N) is 2. The van der Waals surface area contributed by atoms with Gasteiger partial charge in [0.2, 0.25) is 5.91 Å². The summed E-state index contributed by atoms with van der Waals surface area (Å²) in [4.78, 5) is 34.0. The molecule has 2 N–H and O–H groups in total. The highest BCUT2D eigenvalue weighted by Gasteiger charge is 2.10. The summed E-state index contributed by atoms with van der Waals surface area (Å²) in [5.41, 5.74) is 2.74. The van der Waals surface area contributed by atoms with Gasteiger partial charge in [-0.15, -0.1) is 0 Å². The zero-order chi connectivity index (χ0) is 21.4. The predicted octanol–water partition coefficient (Wildman–Crippen LogP) is 3.80. The van der Waals surface area contributed by atoms with E-state index in [4.69, 9.17) is 27.9 Å². The Kier molecular flexibility index (Phi) is 7.93. The summed E-state index contributed by atoms with van der Waals surface area (Å²) < 4.78 is 5.27. The van der Waals surface area contributed by atoms with Crippen LogP contribution in [0.5, 0.6) is 5.75 Å². The number of benzene rings is 2. The third-order valence-corrected chi connectivity index (χ3v) is 3.91. The summed E-state index contributed by atoms with van der Waals surface area (Å²) in [6.07, 6.45) is -0.118. The topological polar surface area (TPSA) is 123 Å². The number of hydrazone groups is 1. The first-order chi connectivity index (χ1) is 13.7. The number of nitro benzene ring substituents is 1. The van der Waals surface area contributed by atoms with Crippen LogP contribution in [0.25, 0.3) is 0 Å². The molecular formula is C18H16Cl2N4O5. The van der Waals surface area contributed by atoms with Gasteiger partial charge in [0.1, 0.15) is 5.75 Å². The molecule has 0 aliphatic carbocycles. The Morgan fingerprint density at radius 2 is 1.93 bits per heavy atom. The van der Waals surface area contributed by atoms with E-state index in [0.717, 1.165) is 0 Å². The molecule has 0 aliphatic heterocycles. The molecule has 152 valence electrons. The lowest BCUT2D eigenvalue weighted by Gasteiger charge is -2.08. The maximum absolute atomic E-state index is 12.0. The summed E-state index contributed by atoms with van der Waals surface area (Å²) in [5.74, 6) is -0.692. The van der Waals surface area contributed by atoms with Gasteiger partial charge in [0.05, 0.1) is 16.4 Å². The minimum atomic E-state index is -0.558. The van der Waals surface area contributed by atoms with Gasteiger partial charge in [-0.2, -0.15) is 5.10 Å². The van der Waals surface area contributed by atoms with Crippen LogP contribution in [0.4, 0.5) is 11.4 Å². The lowest BCUT2D eigenvalue weighted by molar-refractivity contribution is -0.384. The van der Waals surface area contributed by atoms with Gasteiger partial charge in [0.25, 0.3) is 11.6 Å². The molecule has 9 nitrogen and oxygen atoms in total. The van der Waals surface area contributed by atoms with E-state index in [1.807, 2.05) is 0 Å².